The molecule has 5 atom stereocenters. The summed E-state index contributed by atoms with van der Waals surface area (Å²) in [6.45, 7) is 5.98. The number of benzene rings is 1. The number of amides is 4. The van der Waals surface area contributed by atoms with Gasteiger partial charge in [-0.15, -0.1) is 0 Å². The van der Waals surface area contributed by atoms with Gasteiger partial charge in [0.05, 0.1) is 6.54 Å². The smallest absolute Gasteiger partial charge is 0.410 e. The van der Waals surface area contributed by atoms with E-state index >= 15 is 0 Å². The van der Waals surface area contributed by atoms with Crippen molar-refractivity contribution < 1.29 is 38.6 Å². The number of carboxylic acids is 1. The van der Waals surface area contributed by atoms with E-state index in [1.807, 2.05) is 36.4 Å². The maximum atomic E-state index is 14.1. The number of nitrogens with zero attached hydrogens (tertiary/aromatic N) is 2. The van der Waals surface area contributed by atoms with Crippen molar-refractivity contribution >= 4 is 30.0 Å². The van der Waals surface area contributed by atoms with E-state index in [1.54, 1.807) is 25.7 Å². The fourth-order valence-electron chi connectivity index (χ4n) is 6.47. The minimum atomic E-state index is -1.45. The van der Waals surface area contributed by atoms with Gasteiger partial charge >= 0.3 is 18.2 Å². The molecule has 4 amide bonds. The number of ether oxygens (including phenoxy) is 2. The van der Waals surface area contributed by atoms with E-state index in [1.165, 1.54) is 10.5 Å². The van der Waals surface area contributed by atoms with E-state index in [0.717, 1.165) is 24.8 Å². The van der Waals surface area contributed by atoms with Gasteiger partial charge in [-0.1, -0.05) is 49.3 Å². The van der Waals surface area contributed by atoms with Gasteiger partial charge in [-0.05, 0) is 64.0 Å². The zero-order valence-electron chi connectivity index (χ0n) is 26.3. The molecule has 1 aromatic carbocycles. The van der Waals surface area contributed by atoms with Crippen LogP contribution in [0.4, 0.5) is 9.59 Å². The second kappa shape index (κ2) is 13.1. The van der Waals surface area contributed by atoms with Crippen molar-refractivity contribution in [2.24, 2.45) is 5.92 Å². The predicted molar refractivity (Wildman–Crippen MR) is 163 cm³/mol. The van der Waals surface area contributed by atoms with Crippen LogP contribution in [-0.4, -0.2) is 87.3 Å². The molecule has 1 saturated carbocycles. The molecule has 1 aliphatic carbocycles. The van der Waals surface area contributed by atoms with Crippen molar-refractivity contribution in [2.45, 2.75) is 108 Å². The molecule has 0 aromatic heterocycles. The minimum Gasteiger partial charge on any atom is -0.479 e. The molecular formula is C33H44N4O8. The number of carbonyl (C=O) groups is 5. The Morgan fingerprint density at radius 1 is 1.09 bits per heavy atom. The van der Waals surface area contributed by atoms with Crippen LogP contribution in [0.3, 0.4) is 0 Å². The Morgan fingerprint density at radius 2 is 1.84 bits per heavy atom. The van der Waals surface area contributed by atoms with Crippen LogP contribution < -0.4 is 10.6 Å². The number of alkyl carbamates (subject to hydrolysis) is 1. The molecule has 244 valence electrons. The number of rotatable bonds is 3. The number of carboxylic acid groups (broad SMARTS) is 1. The van der Waals surface area contributed by atoms with Crippen molar-refractivity contribution in [1.29, 1.82) is 0 Å². The highest BCUT2D eigenvalue weighted by Crippen LogP contribution is 2.45. The normalized spacial score (nSPS) is 28.8. The first-order valence-corrected chi connectivity index (χ1v) is 15.9. The zero-order chi connectivity index (χ0) is 32.4. The van der Waals surface area contributed by atoms with Gasteiger partial charge in [0.25, 0.3) is 0 Å². The summed E-state index contributed by atoms with van der Waals surface area (Å²) in [5.41, 5.74) is -0.0144. The summed E-state index contributed by atoms with van der Waals surface area (Å²) in [6.07, 6.45) is 5.97. The van der Waals surface area contributed by atoms with E-state index in [2.05, 4.69) is 10.6 Å². The van der Waals surface area contributed by atoms with E-state index in [-0.39, 0.29) is 25.3 Å². The first kappa shape index (κ1) is 32.3. The second-order valence-electron chi connectivity index (χ2n) is 13.5. The van der Waals surface area contributed by atoms with Crippen LogP contribution in [0.25, 0.3) is 0 Å². The van der Waals surface area contributed by atoms with Gasteiger partial charge in [-0.3, -0.25) is 9.59 Å². The molecular weight excluding hydrogens is 580 g/mol. The van der Waals surface area contributed by atoms with Crippen molar-refractivity contribution in [3.63, 3.8) is 0 Å². The monoisotopic (exact) mass is 624 g/mol. The second-order valence-corrected chi connectivity index (χ2v) is 13.5. The molecule has 45 heavy (non-hydrogen) atoms. The number of allylic oxidation sites excluding steroid dienone is 1. The molecule has 0 spiro atoms. The molecule has 3 N–H and O–H groups in total. The van der Waals surface area contributed by atoms with E-state index in [9.17, 15) is 29.1 Å². The van der Waals surface area contributed by atoms with E-state index < -0.39 is 59.3 Å². The summed E-state index contributed by atoms with van der Waals surface area (Å²) in [5, 5.41) is 15.5. The third-order valence-corrected chi connectivity index (χ3v) is 8.97. The lowest BCUT2D eigenvalue weighted by Gasteiger charge is -2.30. The Kier molecular flexibility index (Phi) is 9.41. The SMILES string of the molecule is CC(C)(C)OC(=O)N[C@H]1CCCCCC=C[C@H]2C[C@]2(C(=O)O)NC(=O)[C@@H]2C[C@@H](OC(=O)N3CCc4ccccc4C3)CN2C1=O. The number of fused-ring (bicyclic) bond motifs is 3. The van der Waals surface area contributed by atoms with Crippen molar-refractivity contribution in [2.75, 3.05) is 13.1 Å². The van der Waals surface area contributed by atoms with Crippen molar-refractivity contribution in [1.82, 2.24) is 20.4 Å². The maximum absolute atomic E-state index is 14.1. The summed E-state index contributed by atoms with van der Waals surface area (Å²) in [6, 6.07) is 5.83. The molecule has 3 aliphatic heterocycles. The van der Waals surface area contributed by atoms with Crippen LogP contribution in [0.1, 0.15) is 76.8 Å². The fourth-order valence-corrected chi connectivity index (χ4v) is 6.47. The molecule has 2 fully saturated rings. The Morgan fingerprint density at radius 3 is 2.58 bits per heavy atom. The Bertz CT molecular complexity index is 1360. The third-order valence-electron chi connectivity index (χ3n) is 8.97. The van der Waals surface area contributed by atoms with Gasteiger partial charge in [0, 0.05) is 25.4 Å². The highest BCUT2D eigenvalue weighted by molar-refractivity contribution is 5.96. The average Bonchev–Trinajstić information content (AvgIpc) is 3.51. The van der Waals surface area contributed by atoms with Crippen LogP contribution in [0.2, 0.25) is 0 Å². The average molecular weight is 625 g/mol. The van der Waals surface area contributed by atoms with Crippen molar-refractivity contribution in [3.05, 3.63) is 47.5 Å². The number of nitrogens with one attached hydrogen (secondary N) is 2. The lowest BCUT2D eigenvalue weighted by atomic mass is 10.0. The highest BCUT2D eigenvalue weighted by atomic mass is 16.6. The van der Waals surface area contributed by atoms with Gasteiger partial charge in [0.15, 0.2) is 0 Å². The lowest BCUT2D eigenvalue weighted by Crippen LogP contribution is -2.56. The molecule has 1 aromatic rings. The minimum absolute atomic E-state index is 0.00308. The van der Waals surface area contributed by atoms with Crippen LogP contribution in [0.15, 0.2) is 36.4 Å². The van der Waals surface area contributed by atoms with Crippen LogP contribution in [0.5, 0.6) is 0 Å². The number of hydrogen-bond donors (Lipinski definition) is 3. The summed E-state index contributed by atoms with van der Waals surface area (Å²) < 4.78 is 11.3. The van der Waals surface area contributed by atoms with Gasteiger partial charge in [0.1, 0.15) is 29.3 Å². The number of aliphatic carboxylic acids is 1. The molecule has 12 heteroatoms. The van der Waals surface area contributed by atoms with E-state index in [4.69, 9.17) is 9.47 Å². The Balaban J connectivity index is 1.36. The molecule has 0 unspecified atom stereocenters. The predicted octanol–water partition coefficient (Wildman–Crippen LogP) is 3.52. The lowest BCUT2D eigenvalue weighted by molar-refractivity contribution is -0.145. The quantitative estimate of drug-likeness (QED) is 0.432. The van der Waals surface area contributed by atoms with E-state index in [0.29, 0.717) is 32.4 Å². The maximum Gasteiger partial charge on any atom is 0.410 e. The van der Waals surface area contributed by atoms with Crippen LogP contribution >= 0.6 is 0 Å². The Labute approximate surface area is 263 Å². The molecule has 4 aliphatic rings. The molecule has 5 rings (SSSR count). The highest BCUT2D eigenvalue weighted by Gasteiger charge is 2.61. The molecule has 0 radical (unpaired) electrons. The fraction of sp³-hybridized carbons (Fsp3) is 0.606. The van der Waals surface area contributed by atoms with Gasteiger partial charge in [0.2, 0.25) is 11.8 Å². The van der Waals surface area contributed by atoms with Gasteiger partial charge in [-0.25, -0.2) is 14.4 Å². The first-order chi connectivity index (χ1) is 21.4. The molecule has 12 nitrogen and oxygen atoms in total. The zero-order valence-corrected chi connectivity index (χ0v) is 26.3. The standard InChI is InChI=1S/C33H44N4O8/c1-32(2,3)45-30(42)34-25-14-8-6-4-5-7-13-23-18-33(23,29(40)41)35-27(38)26-17-24(20-37(26)28(25)39)44-31(43)36-16-15-21-11-9-10-12-22(21)19-36/h7,9-13,23-26H,4-6,8,14-20H2,1-3H3,(H,34,42)(H,35,38)(H,40,41)/t23-,24+,25-,26-,33-/m0/s1. The summed E-state index contributed by atoms with van der Waals surface area (Å²) in [7, 11) is 0. The molecule has 3 heterocycles. The summed E-state index contributed by atoms with van der Waals surface area (Å²) in [4.78, 5) is 69.1. The number of carbonyl (C=O) groups excluding carboxylic acids is 4. The summed E-state index contributed by atoms with van der Waals surface area (Å²) >= 11 is 0. The Hall–Kier alpha value is -4.09. The van der Waals surface area contributed by atoms with Crippen molar-refractivity contribution in [3.8, 4) is 0 Å². The first-order valence-electron chi connectivity index (χ1n) is 15.9. The molecule has 1 saturated heterocycles. The summed E-state index contributed by atoms with van der Waals surface area (Å²) in [5.74, 6) is -2.62. The molecule has 0 bridgehead atoms. The van der Waals surface area contributed by atoms with Gasteiger partial charge < -0.3 is 35.0 Å². The topological polar surface area (TPSA) is 155 Å². The number of hydrogen-bond acceptors (Lipinski definition) is 7. The van der Waals surface area contributed by atoms with Crippen LogP contribution in [-0.2, 0) is 36.8 Å². The van der Waals surface area contributed by atoms with Gasteiger partial charge in [-0.2, -0.15) is 0 Å². The third kappa shape index (κ3) is 7.59. The van der Waals surface area contributed by atoms with Crippen LogP contribution in [0, 0.1) is 5.92 Å². The largest absolute Gasteiger partial charge is 0.479 e.